The molecule has 0 bridgehead atoms. The highest BCUT2D eigenvalue weighted by molar-refractivity contribution is 7.14. The molecule has 0 aromatic carbocycles. The molecule has 5 nitrogen and oxygen atoms in total. The second-order valence-corrected chi connectivity index (χ2v) is 5.72. The lowest BCUT2D eigenvalue weighted by Crippen LogP contribution is -2.27. The lowest BCUT2D eigenvalue weighted by Gasteiger charge is -2.14. The maximum atomic E-state index is 11.5. The Morgan fingerprint density at radius 1 is 1.38 bits per heavy atom. The highest BCUT2D eigenvalue weighted by Crippen LogP contribution is 2.20. The molecule has 120 valence electrons. The number of thiazole rings is 1. The van der Waals surface area contributed by atoms with Crippen LogP contribution in [0.25, 0.3) is 0 Å². The molecule has 0 unspecified atom stereocenters. The molecule has 0 atom stereocenters. The molecule has 0 saturated heterocycles. The van der Waals surface area contributed by atoms with Crippen molar-refractivity contribution in [2.45, 2.75) is 46.6 Å². The summed E-state index contributed by atoms with van der Waals surface area (Å²) in [6.45, 7) is 9.68. The number of carbonyl (C=O) groups excluding carboxylic acids is 1. The van der Waals surface area contributed by atoms with Crippen molar-refractivity contribution < 1.29 is 9.53 Å². The molecule has 1 aromatic rings. The predicted molar refractivity (Wildman–Crippen MR) is 87.9 cm³/mol. The number of unbranched alkanes of at least 4 members (excludes halogenated alkanes) is 1. The summed E-state index contributed by atoms with van der Waals surface area (Å²) in [5.41, 5.74) is 0.988. The smallest absolute Gasteiger partial charge is 0.225 e. The van der Waals surface area contributed by atoms with Gasteiger partial charge in [-0.2, -0.15) is 0 Å². The standard InChI is InChI=1S/C15H27N3O2S/c1-4-6-9-20-10-7-8-16-11-14-12-21-15(17-14)18(5-2)13(3)19/h12,16H,4-11H2,1-3H3. The zero-order chi connectivity index (χ0) is 15.5. The van der Waals surface area contributed by atoms with Crippen molar-refractivity contribution in [2.24, 2.45) is 0 Å². The molecule has 0 aliphatic rings. The minimum atomic E-state index is 0.0376. The zero-order valence-electron chi connectivity index (χ0n) is 13.4. The van der Waals surface area contributed by atoms with Gasteiger partial charge in [-0.3, -0.25) is 9.69 Å². The Balaban J connectivity index is 2.19. The first-order valence-corrected chi connectivity index (χ1v) is 8.58. The van der Waals surface area contributed by atoms with Crippen LogP contribution in [0.15, 0.2) is 5.38 Å². The van der Waals surface area contributed by atoms with Gasteiger partial charge in [-0.1, -0.05) is 13.3 Å². The Morgan fingerprint density at radius 2 is 2.14 bits per heavy atom. The fourth-order valence-electron chi connectivity index (χ4n) is 1.86. The molecule has 0 aliphatic heterocycles. The molecule has 0 spiro atoms. The third kappa shape index (κ3) is 7.02. The van der Waals surface area contributed by atoms with Gasteiger partial charge in [0.05, 0.1) is 5.69 Å². The number of hydrogen-bond acceptors (Lipinski definition) is 5. The SMILES string of the molecule is CCCCOCCCNCc1csc(N(CC)C(C)=O)n1. The van der Waals surface area contributed by atoms with Gasteiger partial charge in [-0.05, 0) is 26.3 Å². The Labute approximate surface area is 131 Å². The lowest BCUT2D eigenvalue weighted by molar-refractivity contribution is -0.116. The van der Waals surface area contributed by atoms with Crippen LogP contribution in [0.4, 0.5) is 5.13 Å². The molecule has 0 fully saturated rings. The molecule has 0 aliphatic carbocycles. The minimum Gasteiger partial charge on any atom is -0.381 e. The van der Waals surface area contributed by atoms with Gasteiger partial charge >= 0.3 is 0 Å². The molecule has 1 rings (SSSR count). The molecule has 6 heteroatoms. The van der Waals surface area contributed by atoms with Crippen molar-refractivity contribution in [3.63, 3.8) is 0 Å². The summed E-state index contributed by atoms with van der Waals surface area (Å²) in [5.74, 6) is 0.0376. The van der Waals surface area contributed by atoms with Crippen LogP contribution in [0, 0.1) is 0 Å². The number of anilines is 1. The number of hydrogen-bond donors (Lipinski definition) is 1. The molecule has 21 heavy (non-hydrogen) atoms. The van der Waals surface area contributed by atoms with Gasteiger partial charge in [0.2, 0.25) is 5.91 Å². The van der Waals surface area contributed by atoms with E-state index in [0.717, 1.165) is 50.0 Å². The number of nitrogens with one attached hydrogen (secondary N) is 1. The van der Waals surface area contributed by atoms with E-state index in [1.165, 1.54) is 17.8 Å². The molecule has 1 heterocycles. The molecular formula is C15H27N3O2S. The summed E-state index contributed by atoms with van der Waals surface area (Å²) in [5, 5.41) is 6.14. The first-order valence-electron chi connectivity index (χ1n) is 7.70. The van der Waals surface area contributed by atoms with E-state index in [9.17, 15) is 4.79 Å². The normalized spacial score (nSPS) is 10.8. The van der Waals surface area contributed by atoms with E-state index in [4.69, 9.17) is 4.74 Å². The first-order chi connectivity index (χ1) is 10.2. The Hall–Kier alpha value is -0.980. The molecule has 0 radical (unpaired) electrons. The van der Waals surface area contributed by atoms with Gasteiger partial charge in [-0.15, -0.1) is 11.3 Å². The van der Waals surface area contributed by atoms with Gasteiger partial charge < -0.3 is 10.1 Å². The van der Waals surface area contributed by atoms with E-state index >= 15 is 0 Å². The topological polar surface area (TPSA) is 54.5 Å². The van der Waals surface area contributed by atoms with E-state index in [1.54, 1.807) is 11.8 Å². The van der Waals surface area contributed by atoms with Crippen molar-refractivity contribution in [2.75, 3.05) is 31.2 Å². The van der Waals surface area contributed by atoms with Crippen molar-refractivity contribution in [1.82, 2.24) is 10.3 Å². The summed E-state index contributed by atoms with van der Waals surface area (Å²) >= 11 is 1.52. The average Bonchev–Trinajstić information content (AvgIpc) is 2.91. The second kappa shape index (κ2) is 10.7. The van der Waals surface area contributed by atoms with Crippen LogP contribution in [-0.2, 0) is 16.1 Å². The highest BCUT2D eigenvalue weighted by atomic mass is 32.1. The first kappa shape index (κ1) is 18.1. The van der Waals surface area contributed by atoms with Gasteiger partial charge in [0, 0.05) is 38.6 Å². The van der Waals surface area contributed by atoms with Crippen molar-refractivity contribution in [3.8, 4) is 0 Å². The van der Waals surface area contributed by atoms with E-state index < -0.39 is 0 Å². The summed E-state index contributed by atoms with van der Waals surface area (Å²) in [6.07, 6.45) is 3.33. The monoisotopic (exact) mass is 313 g/mol. The average molecular weight is 313 g/mol. The van der Waals surface area contributed by atoms with E-state index in [2.05, 4.69) is 17.2 Å². The lowest BCUT2D eigenvalue weighted by atomic mass is 10.3. The summed E-state index contributed by atoms with van der Waals surface area (Å²) in [4.78, 5) is 17.6. The highest BCUT2D eigenvalue weighted by Gasteiger charge is 2.12. The number of ether oxygens (including phenoxy) is 1. The summed E-state index contributed by atoms with van der Waals surface area (Å²) < 4.78 is 5.51. The summed E-state index contributed by atoms with van der Waals surface area (Å²) in [7, 11) is 0. The van der Waals surface area contributed by atoms with Crippen molar-refractivity contribution in [1.29, 1.82) is 0 Å². The molecule has 1 amide bonds. The molecule has 1 aromatic heterocycles. The number of aromatic nitrogens is 1. The van der Waals surface area contributed by atoms with Crippen molar-refractivity contribution >= 4 is 22.4 Å². The molecule has 1 N–H and O–H groups in total. The number of carbonyl (C=O) groups is 1. The fraction of sp³-hybridized carbons (Fsp3) is 0.733. The van der Waals surface area contributed by atoms with Crippen LogP contribution in [-0.4, -0.2) is 37.2 Å². The molecule has 0 saturated carbocycles. The molecular weight excluding hydrogens is 286 g/mol. The predicted octanol–water partition coefficient (Wildman–Crippen LogP) is 2.81. The zero-order valence-corrected chi connectivity index (χ0v) is 14.2. The number of nitrogens with zero attached hydrogens (tertiary/aromatic N) is 2. The van der Waals surface area contributed by atoms with Crippen LogP contribution in [0.1, 0.15) is 45.7 Å². The quantitative estimate of drug-likeness (QED) is 0.638. The number of amides is 1. The van der Waals surface area contributed by atoms with Crippen LogP contribution >= 0.6 is 11.3 Å². The Kier molecular flexibility index (Phi) is 9.21. The third-order valence-corrected chi connectivity index (χ3v) is 3.97. The van der Waals surface area contributed by atoms with E-state index in [-0.39, 0.29) is 5.91 Å². The van der Waals surface area contributed by atoms with Crippen LogP contribution in [0.2, 0.25) is 0 Å². The number of rotatable bonds is 11. The maximum absolute atomic E-state index is 11.5. The van der Waals surface area contributed by atoms with Crippen molar-refractivity contribution in [3.05, 3.63) is 11.1 Å². The maximum Gasteiger partial charge on any atom is 0.225 e. The Bertz CT molecular complexity index is 409. The van der Waals surface area contributed by atoms with Gasteiger partial charge in [0.25, 0.3) is 0 Å². The van der Waals surface area contributed by atoms with Crippen LogP contribution in [0.3, 0.4) is 0 Å². The Morgan fingerprint density at radius 3 is 2.81 bits per heavy atom. The second-order valence-electron chi connectivity index (χ2n) is 4.88. The third-order valence-electron chi connectivity index (χ3n) is 3.06. The largest absolute Gasteiger partial charge is 0.381 e. The van der Waals surface area contributed by atoms with E-state index in [0.29, 0.717) is 6.54 Å². The minimum absolute atomic E-state index is 0.0376. The summed E-state index contributed by atoms with van der Waals surface area (Å²) in [6, 6.07) is 0. The van der Waals surface area contributed by atoms with Crippen LogP contribution < -0.4 is 10.2 Å². The van der Waals surface area contributed by atoms with Gasteiger partial charge in [0.15, 0.2) is 5.13 Å². The fourth-order valence-corrected chi connectivity index (χ4v) is 2.79. The van der Waals surface area contributed by atoms with Crippen LogP contribution in [0.5, 0.6) is 0 Å². The van der Waals surface area contributed by atoms with Gasteiger partial charge in [-0.25, -0.2) is 4.98 Å². The van der Waals surface area contributed by atoms with Gasteiger partial charge in [0.1, 0.15) is 0 Å². The van der Waals surface area contributed by atoms with E-state index in [1.807, 2.05) is 12.3 Å².